The molecule has 152 valence electrons. The number of aromatic nitrogens is 1. The highest BCUT2D eigenvalue weighted by Crippen LogP contribution is 2.23. The van der Waals surface area contributed by atoms with Crippen molar-refractivity contribution >= 4 is 16.8 Å². The summed E-state index contributed by atoms with van der Waals surface area (Å²) >= 11 is 0. The highest BCUT2D eigenvalue weighted by Gasteiger charge is 2.23. The van der Waals surface area contributed by atoms with Crippen LogP contribution in [0.2, 0.25) is 0 Å². The summed E-state index contributed by atoms with van der Waals surface area (Å²) in [4.78, 5) is 18.4. The molecule has 0 spiro atoms. The van der Waals surface area contributed by atoms with Gasteiger partial charge in [0.05, 0.1) is 13.2 Å². The minimum absolute atomic E-state index is 0.127. The zero-order valence-corrected chi connectivity index (χ0v) is 16.9. The number of carbonyl (C=O) groups excluding carboxylic acids is 1. The van der Waals surface area contributed by atoms with E-state index in [1.54, 1.807) is 7.11 Å². The van der Waals surface area contributed by atoms with Crippen molar-refractivity contribution in [3.05, 3.63) is 65.9 Å². The van der Waals surface area contributed by atoms with Gasteiger partial charge in [-0.15, -0.1) is 0 Å². The first kappa shape index (κ1) is 19.5. The van der Waals surface area contributed by atoms with Gasteiger partial charge in [0, 0.05) is 48.8 Å². The molecule has 5 heteroatoms. The first-order valence-electron chi connectivity index (χ1n) is 10.3. The molecule has 1 saturated heterocycles. The minimum Gasteiger partial charge on any atom is -0.496 e. The topological polar surface area (TPSA) is 54.6 Å². The largest absolute Gasteiger partial charge is 0.496 e. The van der Waals surface area contributed by atoms with Crippen molar-refractivity contribution in [2.45, 2.75) is 38.3 Å². The number of fused-ring (bicyclic) bond motifs is 1. The summed E-state index contributed by atoms with van der Waals surface area (Å²) in [6.07, 6.45) is 5.42. The second kappa shape index (κ2) is 9.14. The van der Waals surface area contributed by atoms with Gasteiger partial charge in [-0.25, -0.2) is 0 Å². The fourth-order valence-electron chi connectivity index (χ4n) is 4.07. The summed E-state index contributed by atoms with van der Waals surface area (Å²) in [5.74, 6) is 0.964. The zero-order chi connectivity index (χ0) is 20.1. The number of hydrogen-bond donors (Lipinski definition) is 1. The Kier molecular flexibility index (Phi) is 6.15. The Morgan fingerprint density at radius 3 is 2.83 bits per heavy atom. The van der Waals surface area contributed by atoms with E-state index in [4.69, 9.17) is 9.47 Å². The second-order valence-electron chi connectivity index (χ2n) is 7.58. The van der Waals surface area contributed by atoms with Crippen LogP contribution < -0.4 is 4.74 Å². The third kappa shape index (κ3) is 4.62. The molecular formula is C24H28N2O3. The normalized spacial score (nSPS) is 16.2. The van der Waals surface area contributed by atoms with E-state index in [0.717, 1.165) is 42.7 Å². The highest BCUT2D eigenvalue weighted by molar-refractivity contribution is 5.84. The number of nitrogens with zero attached hydrogens (tertiary/aromatic N) is 1. The van der Waals surface area contributed by atoms with Crippen LogP contribution in [-0.4, -0.2) is 42.2 Å². The molecule has 2 aromatic carbocycles. The van der Waals surface area contributed by atoms with Gasteiger partial charge in [0.15, 0.2) is 0 Å². The Balaban J connectivity index is 1.47. The number of carbonyl (C=O) groups is 1. The monoisotopic (exact) mass is 392 g/mol. The maximum atomic E-state index is 13.2. The molecule has 1 amide bonds. The van der Waals surface area contributed by atoms with Crippen molar-refractivity contribution in [3.63, 3.8) is 0 Å². The molecule has 3 aromatic rings. The lowest BCUT2D eigenvalue weighted by molar-refractivity contribution is -0.133. The molecule has 1 aliphatic heterocycles. The van der Waals surface area contributed by atoms with E-state index in [1.165, 1.54) is 10.9 Å². The predicted octanol–water partition coefficient (Wildman–Crippen LogP) is 4.32. The van der Waals surface area contributed by atoms with E-state index in [2.05, 4.69) is 17.1 Å². The standard InChI is InChI=1S/C24H28N2O3/c1-28-23-11-5-2-7-19(23)16-26(17-20-8-6-14-29-20)24(27)13-12-18-15-25-22-10-4-3-9-21(18)22/h2-5,7,9-11,15,20,25H,6,8,12-14,16-17H2,1H3. The fourth-order valence-corrected chi connectivity index (χ4v) is 4.07. The van der Waals surface area contributed by atoms with E-state index >= 15 is 0 Å². The number of aromatic amines is 1. The Labute approximate surface area is 171 Å². The molecule has 0 radical (unpaired) electrons. The Bertz CT molecular complexity index is 959. The number of H-pyrrole nitrogens is 1. The number of rotatable bonds is 8. The number of methoxy groups -OCH3 is 1. The quantitative estimate of drug-likeness (QED) is 0.621. The number of ether oxygens (including phenoxy) is 2. The first-order valence-corrected chi connectivity index (χ1v) is 10.3. The summed E-state index contributed by atoms with van der Waals surface area (Å²) in [6, 6.07) is 16.1. The maximum Gasteiger partial charge on any atom is 0.223 e. The molecular weight excluding hydrogens is 364 g/mol. The van der Waals surface area contributed by atoms with Crippen molar-refractivity contribution < 1.29 is 14.3 Å². The van der Waals surface area contributed by atoms with Gasteiger partial charge in [-0.2, -0.15) is 0 Å². The lowest BCUT2D eigenvalue weighted by Gasteiger charge is -2.26. The molecule has 1 fully saturated rings. The lowest BCUT2D eigenvalue weighted by atomic mass is 10.1. The van der Waals surface area contributed by atoms with Crippen molar-refractivity contribution in [2.24, 2.45) is 0 Å². The van der Waals surface area contributed by atoms with Gasteiger partial charge in [-0.05, 0) is 37.0 Å². The highest BCUT2D eigenvalue weighted by atomic mass is 16.5. The van der Waals surface area contributed by atoms with Crippen LogP contribution in [0.4, 0.5) is 0 Å². The summed E-state index contributed by atoms with van der Waals surface area (Å²) in [7, 11) is 1.67. The van der Waals surface area contributed by atoms with Gasteiger partial charge in [0.2, 0.25) is 5.91 Å². The lowest BCUT2D eigenvalue weighted by Crippen LogP contribution is -2.37. The van der Waals surface area contributed by atoms with Crippen molar-refractivity contribution in [2.75, 3.05) is 20.3 Å². The molecule has 4 rings (SSSR count). The summed E-state index contributed by atoms with van der Waals surface area (Å²) in [5, 5.41) is 1.19. The van der Waals surface area contributed by atoms with Gasteiger partial charge < -0.3 is 19.4 Å². The third-order valence-electron chi connectivity index (χ3n) is 5.64. The van der Waals surface area contributed by atoms with Crippen LogP contribution in [-0.2, 0) is 22.5 Å². The number of para-hydroxylation sites is 2. The van der Waals surface area contributed by atoms with Gasteiger partial charge in [-0.3, -0.25) is 4.79 Å². The second-order valence-corrected chi connectivity index (χ2v) is 7.58. The molecule has 1 aliphatic rings. The predicted molar refractivity (Wildman–Crippen MR) is 114 cm³/mol. The van der Waals surface area contributed by atoms with Crippen LogP contribution in [0.1, 0.15) is 30.4 Å². The fraction of sp³-hybridized carbons (Fsp3) is 0.375. The minimum atomic E-state index is 0.127. The molecule has 5 nitrogen and oxygen atoms in total. The number of hydrogen-bond acceptors (Lipinski definition) is 3. The van der Waals surface area contributed by atoms with Gasteiger partial charge in [-0.1, -0.05) is 36.4 Å². The molecule has 0 bridgehead atoms. The molecule has 2 heterocycles. The van der Waals surface area contributed by atoms with Crippen LogP contribution in [0, 0.1) is 0 Å². The summed E-state index contributed by atoms with van der Waals surface area (Å²) in [5.41, 5.74) is 3.32. The Morgan fingerprint density at radius 1 is 1.17 bits per heavy atom. The van der Waals surface area contributed by atoms with Crippen molar-refractivity contribution in [3.8, 4) is 5.75 Å². The Hall–Kier alpha value is -2.79. The van der Waals surface area contributed by atoms with Crippen LogP contribution in [0.15, 0.2) is 54.7 Å². The molecule has 1 aromatic heterocycles. The van der Waals surface area contributed by atoms with Gasteiger partial charge in [0.25, 0.3) is 0 Å². The molecule has 0 saturated carbocycles. The zero-order valence-electron chi connectivity index (χ0n) is 16.9. The number of benzene rings is 2. The third-order valence-corrected chi connectivity index (χ3v) is 5.64. The Morgan fingerprint density at radius 2 is 2.00 bits per heavy atom. The molecule has 1 atom stereocenters. The molecule has 29 heavy (non-hydrogen) atoms. The summed E-state index contributed by atoms with van der Waals surface area (Å²) < 4.78 is 11.3. The van der Waals surface area contributed by atoms with Crippen LogP contribution in [0.25, 0.3) is 10.9 Å². The van der Waals surface area contributed by atoms with Gasteiger partial charge >= 0.3 is 0 Å². The number of amides is 1. The average Bonchev–Trinajstić information content (AvgIpc) is 3.41. The smallest absolute Gasteiger partial charge is 0.223 e. The summed E-state index contributed by atoms with van der Waals surface area (Å²) in [6.45, 7) is 1.96. The molecule has 1 N–H and O–H groups in total. The maximum absolute atomic E-state index is 13.2. The molecule has 0 aliphatic carbocycles. The SMILES string of the molecule is COc1ccccc1CN(CC1CCCO1)C(=O)CCc1c[nH]c2ccccc12. The van der Waals surface area contributed by atoms with E-state index in [0.29, 0.717) is 19.5 Å². The van der Waals surface area contributed by atoms with Crippen LogP contribution in [0.3, 0.4) is 0 Å². The number of nitrogens with one attached hydrogen (secondary N) is 1. The van der Waals surface area contributed by atoms with E-state index in [1.807, 2.05) is 47.5 Å². The van der Waals surface area contributed by atoms with E-state index in [-0.39, 0.29) is 12.0 Å². The van der Waals surface area contributed by atoms with Crippen LogP contribution >= 0.6 is 0 Å². The van der Waals surface area contributed by atoms with Gasteiger partial charge in [0.1, 0.15) is 5.75 Å². The van der Waals surface area contributed by atoms with Crippen LogP contribution in [0.5, 0.6) is 5.75 Å². The average molecular weight is 392 g/mol. The van der Waals surface area contributed by atoms with Crippen molar-refractivity contribution in [1.29, 1.82) is 0 Å². The first-order chi connectivity index (χ1) is 14.2. The van der Waals surface area contributed by atoms with E-state index < -0.39 is 0 Å². The van der Waals surface area contributed by atoms with Crippen molar-refractivity contribution in [1.82, 2.24) is 9.88 Å². The molecule has 1 unspecified atom stereocenters. The number of aryl methyl sites for hydroxylation is 1. The van der Waals surface area contributed by atoms with E-state index in [9.17, 15) is 4.79 Å².